The first-order valence-electron chi connectivity index (χ1n) is 7.82. The van der Waals surface area contributed by atoms with Crippen molar-refractivity contribution in [2.24, 2.45) is 0 Å². The lowest BCUT2D eigenvalue weighted by Gasteiger charge is -2.15. The molecule has 4 heteroatoms. The highest BCUT2D eigenvalue weighted by molar-refractivity contribution is 5.94. The highest BCUT2D eigenvalue weighted by atomic mass is 16.5. The van der Waals surface area contributed by atoms with Gasteiger partial charge in [0.1, 0.15) is 5.75 Å². The van der Waals surface area contributed by atoms with Gasteiger partial charge in [-0.3, -0.25) is 4.79 Å². The molecule has 0 atom stereocenters. The lowest BCUT2D eigenvalue weighted by Crippen LogP contribution is -2.22. The Morgan fingerprint density at radius 1 is 1.09 bits per heavy atom. The smallest absolute Gasteiger partial charge is 0.243 e. The lowest BCUT2D eigenvalue weighted by atomic mass is 10.1. The second-order valence-electron chi connectivity index (χ2n) is 5.86. The van der Waals surface area contributed by atoms with E-state index in [9.17, 15) is 4.79 Å². The maximum atomic E-state index is 12.1. The summed E-state index contributed by atoms with van der Waals surface area (Å²) in [6, 6.07) is 13.5. The maximum Gasteiger partial charge on any atom is 0.243 e. The average molecular weight is 312 g/mol. The van der Waals surface area contributed by atoms with Crippen LogP contribution >= 0.6 is 0 Å². The Hall–Kier alpha value is -2.49. The SMILES string of the molecule is Cc1ccc(NC(=O)CNc2ccccc2OC(C)C)cc1C. The molecule has 2 N–H and O–H groups in total. The first-order chi connectivity index (χ1) is 11.0. The first kappa shape index (κ1) is 16.9. The zero-order chi connectivity index (χ0) is 16.8. The van der Waals surface area contributed by atoms with Crippen LogP contribution in [0.1, 0.15) is 25.0 Å². The van der Waals surface area contributed by atoms with E-state index in [1.54, 1.807) is 0 Å². The van der Waals surface area contributed by atoms with E-state index in [0.717, 1.165) is 22.7 Å². The van der Waals surface area contributed by atoms with Crippen molar-refractivity contribution in [2.45, 2.75) is 33.8 Å². The molecule has 0 bridgehead atoms. The quantitative estimate of drug-likeness (QED) is 0.843. The summed E-state index contributed by atoms with van der Waals surface area (Å²) in [5.74, 6) is 0.661. The number of hydrogen-bond donors (Lipinski definition) is 2. The second-order valence-corrected chi connectivity index (χ2v) is 5.86. The Kier molecular flexibility index (Phi) is 5.63. The van der Waals surface area contributed by atoms with E-state index in [1.807, 2.05) is 70.2 Å². The van der Waals surface area contributed by atoms with Crippen LogP contribution in [0.3, 0.4) is 0 Å². The van der Waals surface area contributed by atoms with Crippen LogP contribution in [-0.4, -0.2) is 18.6 Å². The van der Waals surface area contributed by atoms with Gasteiger partial charge in [-0.05, 0) is 63.1 Å². The third-order valence-electron chi connectivity index (χ3n) is 3.48. The molecule has 0 aliphatic carbocycles. The van der Waals surface area contributed by atoms with E-state index < -0.39 is 0 Å². The topological polar surface area (TPSA) is 50.4 Å². The first-order valence-corrected chi connectivity index (χ1v) is 7.82. The molecule has 0 aromatic heterocycles. The summed E-state index contributed by atoms with van der Waals surface area (Å²) >= 11 is 0. The largest absolute Gasteiger partial charge is 0.489 e. The minimum Gasteiger partial charge on any atom is -0.489 e. The number of rotatable bonds is 6. The van der Waals surface area contributed by atoms with Crippen LogP contribution in [-0.2, 0) is 4.79 Å². The van der Waals surface area contributed by atoms with Crippen molar-refractivity contribution in [3.05, 3.63) is 53.6 Å². The van der Waals surface area contributed by atoms with Gasteiger partial charge in [0.2, 0.25) is 5.91 Å². The van der Waals surface area contributed by atoms with Gasteiger partial charge in [0.25, 0.3) is 0 Å². The van der Waals surface area contributed by atoms with Crippen LogP contribution in [0.4, 0.5) is 11.4 Å². The van der Waals surface area contributed by atoms with E-state index >= 15 is 0 Å². The molecule has 0 fully saturated rings. The van der Waals surface area contributed by atoms with Gasteiger partial charge in [-0.1, -0.05) is 18.2 Å². The average Bonchev–Trinajstić information content (AvgIpc) is 2.49. The number of amides is 1. The summed E-state index contributed by atoms with van der Waals surface area (Å²) in [6.45, 7) is 8.22. The van der Waals surface area contributed by atoms with Gasteiger partial charge in [-0.25, -0.2) is 0 Å². The zero-order valence-corrected chi connectivity index (χ0v) is 14.1. The molecule has 122 valence electrons. The predicted molar refractivity (Wildman–Crippen MR) is 95.2 cm³/mol. The van der Waals surface area contributed by atoms with Crippen molar-refractivity contribution in [3.8, 4) is 5.75 Å². The fourth-order valence-corrected chi connectivity index (χ4v) is 2.17. The Balaban J connectivity index is 1.95. The monoisotopic (exact) mass is 312 g/mol. The minimum absolute atomic E-state index is 0.0855. The van der Waals surface area contributed by atoms with Crippen LogP contribution in [0.25, 0.3) is 0 Å². The molecule has 0 saturated heterocycles. The van der Waals surface area contributed by atoms with E-state index in [0.29, 0.717) is 0 Å². The van der Waals surface area contributed by atoms with Crippen LogP contribution < -0.4 is 15.4 Å². The fraction of sp³-hybridized carbons (Fsp3) is 0.316. The normalized spacial score (nSPS) is 10.5. The van der Waals surface area contributed by atoms with Crippen LogP contribution in [0, 0.1) is 13.8 Å². The standard InChI is InChI=1S/C19H24N2O2/c1-13(2)23-18-8-6-5-7-17(18)20-12-19(22)21-16-10-9-14(3)15(4)11-16/h5-11,13,20H,12H2,1-4H3,(H,21,22). The van der Waals surface area contributed by atoms with E-state index in [1.165, 1.54) is 5.56 Å². The van der Waals surface area contributed by atoms with Gasteiger partial charge in [0.15, 0.2) is 0 Å². The Bertz CT molecular complexity index is 681. The number of carbonyl (C=O) groups excluding carboxylic acids is 1. The second kappa shape index (κ2) is 7.68. The van der Waals surface area contributed by atoms with Crippen LogP contribution in [0.15, 0.2) is 42.5 Å². The summed E-state index contributed by atoms with van der Waals surface area (Å²) in [4.78, 5) is 12.1. The molecule has 0 heterocycles. The van der Waals surface area contributed by atoms with Crippen LogP contribution in [0.2, 0.25) is 0 Å². The molecule has 0 saturated carbocycles. The molecule has 1 amide bonds. The molecule has 0 radical (unpaired) electrons. The summed E-state index contributed by atoms with van der Waals surface area (Å²) in [7, 11) is 0. The lowest BCUT2D eigenvalue weighted by molar-refractivity contribution is -0.114. The molecular formula is C19H24N2O2. The highest BCUT2D eigenvalue weighted by Gasteiger charge is 2.07. The zero-order valence-electron chi connectivity index (χ0n) is 14.1. The van der Waals surface area contributed by atoms with Gasteiger partial charge >= 0.3 is 0 Å². The van der Waals surface area contributed by atoms with Gasteiger partial charge in [0.05, 0.1) is 18.3 Å². The molecule has 2 aromatic carbocycles. The van der Waals surface area contributed by atoms with Crippen molar-refractivity contribution in [3.63, 3.8) is 0 Å². The van der Waals surface area contributed by atoms with Crippen molar-refractivity contribution in [1.82, 2.24) is 0 Å². The van der Waals surface area contributed by atoms with Crippen LogP contribution in [0.5, 0.6) is 5.75 Å². The Labute approximate surface area is 137 Å². The van der Waals surface area contributed by atoms with Crippen molar-refractivity contribution in [2.75, 3.05) is 17.2 Å². The summed E-state index contributed by atoms with van der Waals surface area (Å²) < 4.78 is 5.73. The fourth-order valence-electron chi connectivity index (χ4n) is 2.17. The molecular weight excluding hydrogens is 288 g/mol. The van der Waals surface area contributed by atoms with E-state index in [-0.39, 0.29) is 18.6 Å². The summed E-state index contributed by atoms with van der Waals surface area (Å²) in [5.41, 5.74) is 4.00. The van der Waals surface area contributed by atoms with Gasteiger partial charge in [0, 0.05) is 5.69 Å². The molecule has 2 rings (SSSR count). The van der Waals surface area contributed by atoms with Crippen molar-refractivity contribution < 1.29 is 9.53 Å². The van der Waals surface area contributed by atoms with E-state index in [2.05, 4.69) is 10.6 Å². The van der Waals surface area contributed by atoms with Gasteiger partial charge < -0.3 is 15.4 Å². The molecule has 0 aliphatic rings. The number of hydrogen-bond acceptors (Lipinski definition) is 3. The summed E-state index contributed by atoms with van der Waals surface area (Å²) in [5, 5.41) is 6.03. The third kappa shape index (κ3) is 5.02. The van der Waals surface area contributed by atoms with Crippen molar-refractivity contribution in [1.29, 1.82) is 0 Å². The molecule has 0 spiro atoms. The molecule has 0 unspecified atom stereocenters. The number of benzene rings is 2. The van der Waals surface area contributed by atoms with Crippen molar-refractivity contribution >= 4 is 17.3 Å². The molecule has 4 nitrogen and oxygen atoms in total. The number of nitrogens with one attached hydrogen (secondary N) is 2. The number of aryl methyl sites for hydroxylation is 2. The number of anilines is 2. The number of ether oxygens (including phenoxy) is 1. The molecule has 0 aliphatic heterocycles. The minimum atomic E-state index is -0.0902. The summed E-state index contributed by atoms with van der Waals surface area (Å²) in [6.07, 6.45) is 0.0855. The van der Waals surface area contributed by atoms with Gasteiger partial charge in [-0.2, -0.15) is 0 Å². The highest BCUT2D eigenvalue weighted by Crippen LogP contribution is 2.24. The predicted octanol–water partition coefficient (Wildman–Crippen LogP) is 4.14. The Morgan fingerprint density at radius 3 is 2.52 bits per heavy atom. The number of para-hydroxylation sites is 2. The van der Waals surface area contributed by atoms with Gasteiger partial charge in [-0.15, -0.1) is 0 Å². The molecule has 2 aromatic rings. The molecule has 23 heavy (non-hydrogen) atoms. The Morgan fingerprint density at radius 2 is 1.83 bits per heavy atom. The van der Waals surface area contributed by atoms with E-state index in [4.69, 9.17) is 4.74 Å². The number of carbonyl (C=O) groups is 1. The third-order valence-corrected chi connectivity index (χ3v) is 3.48. The maximum absolute atomic E-state index is 12.1.